The minimum atomic E-state index is -1.19. The van der Waals surface area contributed by atoms with Crippen LogP contribution in [0.5, 0.6) is 0 Å². The Hall–Kier alpha value is -2.26. The van der Waals surface area contributed by atoms with E-state index in [4.69, 9.17) is 5.11 Å². The van der Waals surface area contributed by atoms with Crippen molar-refractivity contribution in [2.45, 2.75) is 6.04 Å². The van der Waals surface area contributed by atoms with Crippen molar-refractivity contribution in [3.8, 4) is 0 Å². The second kappa shape index (κ2) is 5.80. The molecule has 7 nitrogen and oxygen atoms in total. The van der Waals surface area contributed by atoms with Gasteiger partial charge in [-0.2, -0.15) is 0 Å². The number of hydrogen-bond acceptors (Lipinski definition) is 6. The molecule has 1 atom stereocenters. The molecule has 2 heterocycles. The summed E-state index contributed by atoms with van der Waals surface area (Å²) < 4.78 is 0. The molecule has 0 aliphatic carbocycles. The van der Waals surface area contributed by atoms with Crippen LogP contribution in [0.3, 0.4) is 0 Å². The van der Waals surface area contributed by atoms with Crippen LogP contribution >= 0.6 is 22.7 Å². The third-order valence-corrected chi connectivity index (χ3v) is 4.32. The monoisotopic (exact) mass is 312 g/mol. The summed E-state index contributed by atoms with van der Waals surface area (Å²) in [5.41, 5.74) is 0. The molecular weight excluding hydrogens is 304 g/mol. The average Bonchev–Trinajstić information content (AvgIpc) is 3.05. The van der Waals surface area contributed by atoms with E-state index in [2.05, 4.69) is 5.32 Å². The lowest BCUT2D eigenvalue weighted by Gasteiger charge is -2.11. The van der Waals surface area contributed by atoms with Gasteiger partial charge in [-0.05, 0) is 17.5 Å². The highest BCUT2D eigenvalue weighted by Crippen LogP contribution is 2.25. The molecule has 0 aliphatic heterocycles. The summed E-state index contributed by atoms with van der Waals surface area (Å²) >= 11 is 1.91. The first-order valence-corrected chi connectivity index (χ1v) is 7.00. The van der Waals surface area contributed by atoms with Crippen LogP contribution in [0.15, 0.2) is 29.6 Å². The molecular formula is C11H8N2O5S2. The van der Waals surface area contributed by atoms with Gasteiger partial charge in [0.15, 0.2) is 6.04 Å². The van der Waals surface area contributed by atoms with E-state index < -0.39 is 22.8 Å². The van der Waals surface area contributed by atoms with Crippen LogP contribution in [0.1, 0.15) is 20.6 Å². The number of nitrogens with zero attached hydrogens (tertiary/aromatic N) is 1. The number of aliphatic carboxylic acids is 1. The van der Waals surface area contributed by atoms with Crippen molar-refractivity contribution in [3.63, 3.8) is 0 Å². The van der Waals surface area contributed by atoms with Gasteiger partial charge >= 0.3 is 11.0 Å². The molecule has 0 radical (unpaired) electrons. The maximum Gasteiger partial charge on any atom is 0.331 e. The lowest BCUT2D eigenvalue weighted by molar-refractivity contribution is -0.380. The van der Waals surface area contributed by atoms with Gasteiger partial charge < -0.3 is 10.4 Å². The molecule has 104 valence electrons. The summed E-state index contributed by atoms with van der Waals surface area (Å²) in [6.45, 7) is 0. The van der Waals surface area contributed by atoms with Gasteiger partial charge in [0.2, 0.25) is 0 Å². The highest BCUT2D eigenvalue weighted by molar-refractivity contribution is 7.17. The van der Waals surface area contributed by atoms with E-state index in [-0.39, 0.29) is 9.88 Å². The summed E-state index contributed by atoms with van der Waals surface area (Å²) in [6, 6.07) is 4.62. The molecule has 1 amide bonds. The predicted octanol–water partition coefficient (Wildman–Crippen LogP) is 2.27. The van der Waals surface area contributed by atoms with E-state index >= 15 is 0 Å². The van der Waals surface area contributed by atoms with E-state index in [1.54, 1.807) is 17.5 Å². The Bertz CT molecular complexity index is 650. The largest absolute Gasteiger partial charge is 0.479 e. The Morgan fingerprint density at radius 3 is 2.60 bits per heavy atom. The summed E-state index contributed by atoms with van der Waals surface area (Å²) in [6.07, 6.45) is 0. The zero-order valence-electron chi connectivity index (χ0n) is 9.81. The number of thiophene rings is 2. The predicted molar refractivity (Wildman–Crippen MR) is 73.1 cm³/mol. The lowest BCUT2D eigenvalue weighted by atomic mass is 10.2. The highest BCUT2D eigenvalue weighted by atomic mass is 32.1. The van der Waals surface area contributed by atoms with E-state index in [9.17, 15) is 19.7 Å². The van der Waals surface area contributed by atoms with Crippen LogP contribution < -0.4 is 5.32 Å². The number of rotatable bonds is 5. The maximum atomic E-state index is 11.9. The summed E-state index contributed by atoms with van der Waals surface area (Å²) in [5.74, 6) is -1.84. The number of hydrogen-bond donors (Lipinski definition) is 2. The zero-order valence-corrected chi connectivity index (χ0v) is 11.4. The number of carbonyl (C=O) groups excluding carboxylic acids is 1. The number of carbonyl (C=O) groups is 2. The molecule has 2 rings (SSSR count). The molecule has 0 bridgehead atoms. The molecule has 1 unspecified atom stereocenters. The van der Waals surface area contributed by atoms with Gasteiger partial charge in [0.1, 0.15) is 0 Å². The van der Waals surface area contributed by atoms with Gasteiger partial charge in [-0.3, -0.25) is 14.9 Å². The van der Waals surface area contributed by atoms with Gasteiger partial charge in [0.05, 0.1) is 9.80 Å². The SMILES string of the molecule is O=C(NC(C(=O)O)c1cccs1)c1ccc([N+](=O)[O-])s1. The van der Waals surface area contributed by atoms with Crippen LogP contribution in [-0.4, -0.2) is 21.9 Å². The van der Waals surface area contributed by atoms with Crippen molar-refractivity contribution in [2.75, 3.05) is 0 Å². The van der Waals surface area contributed by atoms with Crippen molar-refractivity contribution < 1.29 is 19.6 Å². The van der Waals surface area contributed by atoms with E-state index in [0.717, 1.165) is 0 Å². The first-order valence-electron chi connectivity index (χ1n) is 5.30. The molecule has 0 saturated heterocycles. The molecule has 2 N–H and O–H groups in total. The van der Waals surface area contributed by atoms with Crippen molar-refractivity contribution in [1.82, 2.24) is 5.32 Å². The smallest absolute Gasteiger partial charge is 0.331 e. The Balaban J connectivity index is 2.16. The molecule has 0 spiro atoms. The Labute approximate surface area is 120 Å². The third-order valence-electron chi connectivity index (χ3n) is 2.35. The summed E-state index contributed by atoms with van der Waals surface area (Å²) in [7, 11) is 0. The second-order valence-corrected chi connectivity index (χ2v) is 5.70. The second-order valence-electron chi connectivity index (χ2n) is 3.66. The molecule has 20 heavy (non-hydrogen) atoms. The fourth-order valence-corrected chi connectivity index (χ4v) is 2.95. The first kappa shape index (κ1) is 14.2. The van der Waals surface area contributed by atoms with E-state index in [0.29, 0.717) is 16.2 Å². The standard InChI is InChI=1S/C11H8N2O5S2/c14-10(7-3-4-8(20-7)13(17)18)12-9(11(15)16)6-2-1-5-19-6/h1-5,9H,(H,12,14)(H,15,16). The van der Waals surface area contributed by atoms with Crippen molar-refractivity contribution >= 4 is 39.6 Å². The number of carboxylic acids is 1. The third kappa shape index (κ3) is 3.00. The van der Waals surface area contributed by atoms with Gasteiger partial charge in [0, 0.05) is 10.9 Å². The minimum absolute atomic E-state index is 0.0968. The lowest BCUT2D eigenvalue weighted by Crippen LogP contribution is -2.32. The Morgan fingerprint density at radius 1 is 1.35 bits per heavy atom. The average molecular weight is 312 g/mol. The summed E-state index contributed by atoms with van der Waals surface area (Å²) in [4.78, 5) is 33.6. The topological polar surface area (TPSA) is 110 Å². The Kier molecular flexibility index (Phi) is 4.11. The van der Waals surface area contributed by atoms with Crippen LogP contribution in [0.4, 0.5) is 5.00 Å². The molecule has 9 heteroatoms. The first-order chi connectivity index (χ1) is 9.49. The molecule has 0 saturated carbocycles. The number of amides is 1. The van der Waals surface area contributed by atoms with Crippen LogP contribution in [-0.2, 0) is 4.79 Å². The molecule has 0 aliphatic rings. The number of nitro groups is 1. The van der Waals surface area contributed by atoms with Crippen molar-refractivity contribution in [1.29, 1.82) is 0 Å². The van der Waals surface area contributed by atoms with Crippen molar-refractivity contribution in [2.24, 2.45) is 0 Å². The van der Waals surface area contributed by atoms with Gasteiger partial charge in [-0.15, -0.1) is 11.3 Å². The number of nitrogens with one attached hydrogen (secondary N) is 1. The molecule has 0 fully saturated rings. The van der Waals surface area contributed by atoms with Crippen LogP contribution in [0.2, 0.25) is 0 Å². The Morgan fingerprint density at radius 2 is 2.10 bits per heavy atom. The van der Waals surface area contributed by atoms with E-state index in [1.807, 2.05) is 0 Å². The molecule has 2 aromatic heterocycles. The zero-order chi connectivity index (χ0) is 14.7. The summed E-state index contributed by atoms with van der Waals surface area (Å²) in [5, 5.41) is 23.5. The van der Waals surface area contributed by atoms with Gasteiger partial charge in [0.25, 0.3) is 5.91 Å². The van der Waals surface area contributed by atoms with E-state index in [1.165, 1.54) is 23.5 Å². The quantitative estimate of drug-likeness (QED) is 0.650. The van der Waals surface area contributed by atoms with Crippen LogP contribution in [0, 0.1) is 10.1 Å². The van der Waals surface area contributed by atoms with Crippen molar-refractivity contribution in [3.05, 3.63) is 49.5 Å². The normalized spacial score (nSPS) is 11.8. The molecule has 0 aromatic carbocycles. The minimum Gasteiger partial charge on any atom is -0.479 e. The fraction of sp³-hybridized carbons (Fsp3) is 0.0909. The van der Waals surface area contributed by atoms with Gasteiger partial charge in [-0.1, -0.05) is 17.4 Å². The fourth-order valence-electron chi connectivity index (χ4n) is 1.46. The highest BCUT2D eigenvalue weighted by Gasteiger charge is 2.25. The van der Waals surface area contributed by atoms with Gasteiger partial charge in [-0.25, -0.2) is 4.79 Å². The maximum absolute atomic E-state index is 11.9. The van der Waals surface area contributed by atoms with Crippen LogP contribution in [0.25, 0.3) is 0 Å². The number of carboxylic acid groups (broad SMARTS) is 1. The molecule has 2 aromatic rings.